The first kappa shape index (κ1) is 25.6. The Bertz CT molecular complexity index is 1480. The Hall–Kier alpha value is -4.05. The number of benzene rings is 1. The van der Waals surface area contributed by atoms with Crippen molar-refractivity contribution >= 4 is 5.91 Å². The number of aromatic hydroxyl groups is 1. The van der Waals surface area contributed by atoms with Gasteiger partial charge in [0.15, 0.2) is 17.3 Å². The number of ether oxygens (including phenoxy) is 2. The number of primary amides is 1. The highest BCUT2D eigenvalue weighted by atomic mass is 16.5. The Labute approximate surface area is 219 Å². The highest BCUT2D eigenvalue weighted by molar-refractivity contribution is 5.75. The lowest BCUT2D eigenvalue weighted by molar-refractivity contribution is -0.118. The first-order chi connectivity index (χ1) is 18.3. The number of fused-ring (bicyclic) bond motifs is 4. The minimum atomic E-state index is -0.806. The molecule has 0 unspecified atom stereocenters. The van der Waals surface area contributed by atoms with E-state index in [4.69, 9.17) is 19.6 Å². The average Bonchev–Trinajstić information content (AvgIpc) is 2.89. The van der Waals surface area contributed by atoms with E-state index in [0.717, 1.165) is 18.7 Å². The van der Waals surface area contributed by atoms with Crippen molar-refractivity contribution in [1.29, 1.82) is 0 Å². The van der Waals surface area contributed by atoms with E-state index in [-0.39, 0.29) is 23.7 Å². The minimum absolute atomic E-state index is 0.0207. The van der Waals surface area contributed by atoms with E-state index in [1.807, 2.05) is 10.6 Å². The second kappa shape index (κ2) is 10.4. The van der Waals surface area contributed by atoms with E-state index >= 15 is 0 Å². The largest absolute Gasteiger partial charge is 0.502 e. The van der Waals surface area contributed by atoms with Crippen molar-refractivity contribution in [3.63, 3.8) is 0 Å². The number of aromatic nitrogens is 1. The summed E-state index contributed by atoms with van der Waals surface area (Å²) in [5.74, 6) is -0.193. The molecule has 4 heterocycles. The highest BCUT2D eigenvalue weighted by Gasteiger charge is 2.35. The third-order valence-electron chi connectivity index (χ3n) is 7.47. The van der Waals surface area contributed by atoms with Gasteiger partial charge in [-0.1, -0.05) is 12.1 Å². The molecule has 3 atom stereocenters. The van der Waals surface area contributed by atoms with Gasteiger partial charge in [-0.25, -0.2) is 0 Å². The van der Waals surface area contributed by atoms with Gasteiger partial charge in [-0.15, -0.1) is 0 Å². The molecule has 0 aliphatic carbocycles. The standard InChI is InChI=1S/C28H31N3O7/c1-36-23-7-6-17(9-24(23)37-2)20(11-25(29)33)28-27(35)22(32)10-19(38-28)15-30-12-16-8-18(14-30)21-4-3-5-26(34)31(21)13-16/h3-7,9-10,16,18,20,35H,8,11-15H2,1-2H3,(H2,29,33)/t16-,18+,20+/m1/s1. The molecule has 1 saturated heterocycles. The molecular formula is C28H31N3O7. The SMILES string of the molecule is COc1ccc([C@H](CC(N)=O)c2oc(CN3C[C@H]4C[C@@H](C3)c3cccc(=O)n3C4)cc(=O)c2O)cc1OC. The topological polar surface area (TPSA) is 137 Å². The monoisotopic (exact) mass is 521 g/mol. The summed E-state index contributed by atoms with van der Waals surface area (Å²) in [6.07, 6.45) is 0.819. The maximum Gasteiger partial charge on any atom is 0.250 e. The molecule has 2 aliphatic heterocycles. The highest BCUT2D eigenvalue weighted by Crippen LogP contribution is 2.39. The lowest BCUT2D eigenvalue weighted by Gasteiger charge is -2.42. The van der Waals surface area contributed by atoms with Gasteiger partial charge in [-0.05, 0) is 36.1 Å². The van der Waals surface area contributed by atoms with Crippen LogP contribution in [0.25, 0.3) is 0 Å². The molecule has 3 aromatic rings. The Morgan fingerprint density at radius 2 is 1.89 bits per heavy atom. The summed E-state index contributed by atoms with van der Waals surface area (Å²) in [5, 5.41) is 10.7. The quantitative estimate of drug-likeness (QED) is 0.460. The van der Waals surface area contributed by atoms with Crippen LogP contribution in [-0.2, 0) is 17.9 Å². The molecule has 2 bridgehead atoms. The van der Waals surface area contributed by atoms with E-state index in [1.165, 1.54) is 20.3 Å². The molecule has 1 amide bonds. The summed E-state index contributed by atoms with van der Waals surface area (Å²) in [4.78, 5) is 39.4. The van der Waals surface area contributed by atoms with Crippen molar-refractivity contribution in [1.82, 2.24) is 9.47 Å². The van der Waals surface area contributed by atoms with Gasteiger partial charge < -0.3 is 29.3 Å². The molecule has 0 radical (unpaired) electrons. The Morgan fingerprint density at radius 1 is 1.11 bits per heavy atom. The number of piperidine rings is 1. The molecule has 1 aromatic carbocycles. The predicted molar refractivity (Wildman–Crippen MR) is 139 cm³/mol. The van der Waals surface area contributed by atoms with Crippen LogP contribution in [0.2, 0.25) is 0 Å². The first-order valence-electron chi connectivity index (χ1n) is 12.6. The molecule has 10 nitrogen and oxygen atoms in total. The number of pyridine rings is 1. The molecule has 38 heavy (non-hydrogen) atoms. The molecule has 2 aliphatic rings. The normalized spacial score (nSPS) is 19.4. The fourth-order valence-electron chi connectivity index (χ4n) is 5.85. The number of rotatable bonds is 8. The third kappa shape index (κ3) is 4.91. The summed E-state index contributed by atoms with van der Waals surface area (Å²) < 4.78 is 18.7. The third-order valence-corrected chi connectivity index (χ3v) is 7.47. The Balaban J connectivity index is 1.46. The summed E-state index contributed by atoms with van der Waals surface area (Å²) >= 11 is 0. The Morgan fingerprint density at radius 3 is 2.63 bits per heavy atom. The van der Waals surface area contributed by atoms with Gasteiger partial charge in [0.05, 0.1) is 26.7 Å². The fourth-order valence-corrected chi connectivity index (χ4v) is 5.85. The van der Waals surface area contributed by atoms with Crippen LogP contribution in [0.15, 0.2) is 56.5 Å². The summed E-state index contributed by atoms with van der Waals surface area (Å²) in [5.41, 5.74) is 6.58. The maximum atomic E-state index is 12.8. The second-order valence-corrected chi connectivity index (χ2v) is 10.0. The number of nitrogens with zero attached hydrogens (tertiary/aromatic N) is 2. The van der Waals surface area contributed by atoms with Gasteiger partial charge in [0.2, 0.25) is 17.1 Å². The maximum absolute atomic E-state index is 12.8. The van der Waals surface area contributed by atoms with Crippen molar-refractivity contribution in [3.8, 4) is 17.2 Å². The van der Waals surface area contributed by atoms with Crippen molar-refractivity contribution in [2.24, 2.45) is 11.7 Å². The number of likely N-dealkylation sites (tertiary alicyclic amines) is 1. The van der Waals surface area contributed by atoms with Crippen molar-refractivity contribution in [3.05, 3.63) is 85.8 Å². The molecule has 1 fully saturated rings. The Kier molecular flexibility index (Phi) is 6.98. The summed E-state index contributed by atoms with van der Waals surface area (Å²) in [7, 11) is 3.00. The van der Waals surface area contributed by atoms with Gasteiger partial charge in [-0.2, -0.15) is 0 Å². The van der Waals surface area contributed by atoms with Crippen LogP contribution in [-0.4, -0.2) is 47.8 Å². The lowest BCUT2D eigenvalue weighted by Crippen LogP contribution is -2.46. The van der Waals surface area contributed by atoms with E-state index in [1.54, 1.807) is 30.3 Å². The van der Waals surface area contributed by atoms with Gasteiger partial charge in [0.25, 0.3) is 5.56 Å². The molecular weight excluding hydrogens is 490 g/mol. The first-order valence-corrected chi connectivity index (χ1v) is 12.6. The molecule has 0 spiro atoms. The summed E-state index contributed by atoms with van der Waals surface area (Å²) in [6, 6.07) is 11.7. The minimum Gasteiger partial charge on any atom is -0.502 e. The number of amides is 1. The smallest absolute Gasteiger partial charge is 0.250 e. The average molecular weight is 522 g/mol. The molecule has 0 saturated carbocycles. The van der Waals surface area contributed by atoms with E-state index in [2.05, 4.69) is 4.90 Å². The summed E-state index contributed by atoms with van der Waals surface area (Å²) in [6.45, 7) is 2.46. The van der Waals surface area contributed by atoms with Crippen LogP contribution >= 0.6 is 0 Å². The number of methoxy groups -OCH3 is 2. The van der Waals surface area contributed by atoms with E-state index in [0.29, 0.717) is 48.4 Å². The van der Waals surface area contributed by atoms with E-state index < -0.39 is 23.0 Å². The molecule has 5 rings (SSSR count). The molecule has 3 N–H and O–H groups in total. The van der Waals surface area contributed by atoms with Crippen LogP contribution in [0.4, 0.5) is 0 Å². The van der Waals surface area contributed by atoms with Gasteiger partial charge in [-0.3, -0.25) is 19.3 Å². The number of hydrogen-bond donors (Lipinski definition) is 2. The van der Waals surface area contributed by atoms with Crippen LogP contribution in [0.1, 0.15) is 47.5 Å². The van der Waals surface area contributed by atoms with Gasteiger partial charge in [0.1, 0.15) is 5.76 Å². The fraction of sp³-hybridized carbons (Fsp3) is 0.393. The van der Waals surface area contributed by atoms with Gasteiger partial charge in [0, 0.05) is 49.8 Å². The molecule has 10 heteroatoms. The predicted octanol–water partition coefficient (Wildman–Crippen LogP) is 2.15. The second-order valence-electron chi connectivity index (χ2n) is 10.0. The zero-order valence-corrected chi connectivity index (χ0v) is 21.4. The number of carbonyl (C=O) groups excluding carboxylic acids is 1. The number of hydrogen-bond acceptors (Lipinski definition) is 8. The van der Waals surface area contributed by atoms with Gasteiger partial charge >= 0.3 is 0 Å². The van der Waals surface area contributed by atoms with Crippen LogP contribution in [0, 0.1) is 5.92 Å². The molecule has 2 aromatic heterocycles. The van der Waals surface area contributed by atoms with Crippen molar-refractivity contribution < 1.29 is 23.8 Å². The van der Waals surface area contributed by atoms with Crippen LogP contribution in [0.5, 0.6) is 17.2 Å². The zero-order chi connectivity index (χ0) is 27.0. The van der Waals surface area contributed by atoms with Crippen molar-refractivity contribution in [2.45, 2.75) is 37.8 Å². The van der Waals surface area contributed by atoms with Crippen molar-refractivity contribution in [2.75, 3.05) is 27.3 Å². The molecule has 200 valence electrons. The number of carbonyl (C=O) groups is 1. The zero-order valence-electron chi connectivity index (χ0n) is 21.4. The van der Waals surface area contributed by atoms with Crippen LogP contribution in [0.3, 0.4) is 0 Å². The van der Waals surface area contributed by atoms with Crippen LogP contribution < -0.4 is 26.2 Å². The lowest BCUT2D eigenvalue weighted by atomic mass is 9.83. The van der Waals surface area contributed by atoms with E-state index in [9.17, 15) is 19.5 Å². The number of nitrogens with two attached hydrogens (primary N) is 1.